The van der Waals surface area contributed by atoms with Crippen molar-refractivity contribution in [1.29, 1.82) is 0 Å². The highest BCUT2D eigenvalue weighted by atomic mass is 35.5. The van der Waals surface area contributed by atoms with Crippen LogP contribution in [0, 0.1) is 5.82 Å². The fraction of sp³-hybridized carbons (Fsp3) is 0.409. The monoisotopic (exact) mass is 457 g/mol. The van der Waals surface area contributed by atoms with Gasteiger partial charge in [-0.25, -0.2) is 18.7 Å². The first-order chi connectivity index (χ1) is 15.5. The van der Waals surface area contributed by atoms with Crippen LogP contribution in [-0.2, 0) is 0 Å². The zero-order chi connectivity index (χ0) is 22.2. The van der Waals surface area contributed by atoms with E-state index in [0.717, 1.165) is 37.3 Å². The molecule has 32 heavy (non-hydrogen) atoms. The number of amides is 2. The Balaban J connectivity index is 1.42. The molecule has 2 amide bonds. The topological polar surface area (TPSA) is 77.8 Å². The molecule has 1 unspecified atom stereocenters. The Morgan fingerprint density at radius 1 is 1.31 bits per heavy atom. The second-order valence-corrected chi connectivity index (χ2v) is 8.77. The van der Waals surface area contributed by atoms with Crippen molar-refractivity contribution in [2.75, 3.05) is 36.4 Å². The molecule has 0 saturated carbocycles. The summed E-state index contributed by atoms with van der Waals surface area (Å²) in [6.07, 6.45) is 5.25. The minimum absolute atomic E-state index is 0.0588. The number of aromatic nitrogens is 3. The van der Waals surface area contributed by atoms with Gasteiger partial charge in [0, 0.05) is 43.4 Å². The zero-order valence-electron chi connectivity index (χ0n) is 17.8. The fourth-order valence-corrected chi connectivity index (χ4v) is 4.80. The smallest absolute Gasteiger partial charge is 0.322 e. The predicted octanol–water partition coefficient (Wildman–Crippen LogP) is 3.69. The van der Waals surface area contributed by atoms with E-state index in [1.165, 1.54) is 12.1 Å². The van der Waals surface area contributed by atoms with Gasteiger partial charge in [0.05, 0.1) is 12.2 Å². The van der Waals surface area contributed by atoms with Crippen molar-refractivity contribution >= 4 is 34.8 Å². The van der Waals surface area contributed by atoms with Gasteiger partial charge in [0.1, 0.15) is 17.3 Å². The van der Waals surface area contributed by atoms with Crippen LogP contribution in [0.15, 0.2) is 36.7 Å². The minimum Gasteiger partial charge on any atom is -0.349 e. The number of hydrogen-bond acceptors (Lipinski definition) is 5. The summed E-state index contributed by atoms with van der Waals surface area (Å²) >= 11 is 6.39. The van der Waals surface area contributed by atoms with E-state index in [4.69, 9.17) is 16.6 Å². The third-order valence-corrected chi connectivity index (χ3v) is 6.46. The molecular formula is C22H25ClFN7O. The van der Waals surface area contributed by atoms with Crippen LogP contribution in [0.3, 0.4) is 0 Å². The lowest BCUT2D eigenvalue weighted by molar-refractivity contribution is 0.192. The molecule has 2 aliphatic heterocycles. The van der Waals surface area contributed by atoms with Crippen molar-refractivity contribution < 1.29 is 9.18 Å². The number of halogens is 2. The van der Waals surface area contributed by atoms with Crippen LogP contribution in [0.25, 0.3) is 5.65 Å². The van der Waals surface area contributed by atoms with Crippen molar-refractivity contribution in [3.05, 3.63) is 53.1 Å². The number of carbonyl (C=O) groups is 1. The highest BCUT2D eigenvalue weighted by Gasteiger charge is 2.30. The molecule has 0 radical (unpaired) electrons. The Hall–Kier alpha value is -2.91. The summed E-state index contributed by atoms with van der Waals surface area (Å²) in [6.45, 7) is 4.91. The van der Waals surface area contributed by atoms with E-state index in [0.29, 0.717) is 29.4 Å². The molecule has 8 nitrogen and oxygen atoms in total. The lowest BCUT2D eigenvalue weighted by Gasteiger charge is -2.31. The summed E-state index contributed by atoms with van der Waals surface area (Å²) in [5.74, 6) is 0.440. The number of hydrogen-bond donors (Lipinski definition) is 2. The van der Waals surface area contributed by atoms with Gasteiger partial charge in [-0.1, -0.05) is 11.6 Å². The van der Waals surface area contributed by atoms with Crippen molar-refractivity contribution in [2.45, 2.75) is 31.8 Å². The zero-order valence-corrected chi connectivity index (χ0v) is 18.5. The van der Waals surface area contributed by atoms with E-state index in [2.05, 4.69) is 27.6 Å². The average molecular weight is 458 g/mol. The van der Waals surface area contributed by atoms with E-state index in [1.54, 1.807) is 21.7 Å². The molecular weight excluding hydrogens is 433 g/mol. The van der Waals surface area contributed by atoms with Crippen LogP contribution >= 0.6 is 11.6 Å². The summed E-state index contributed by atoms with van der Waals surface area (Å²) in [4.78, 5) is 21.5. The van der Waals surface area contributed by atoms with E-state index in [-0.39, 0.29) is 23.9 Å². The third kappa shape index (κ3) is 3.98. The maximum Gasteiger partial charge on any atom is 0.322 e. The molecule has 2 aliphatic rings. The Kier molecular flexibility index (Phi) is 5.60. The second-order valence-electron chi connectivity index (χ2n) is 8.36. The van der Waals surface area contributed by atoms with E-state index in [9.17, 15) is 9.18 Å². The van der Waals surface area contributed by atoms with Crippen LogP contribution in [-0.4, -0.2) is 57.7 Å². The largest absolute Gasteiger partial charge is 0.349 e. The Morgan fingerprint density at radius 2 is 2.19 bits per heavy atom. The minimum atomic E-state index is -0.303. The summed E-state index contributed by atoms with van der Waals surface area (Å²) in [5.41, 5.74) is 1.89. The molecule has 3 aromatic rings. The number of benzene rings is 1. The summed E-state index contributed by atoms with van der Waals surface area (Å²) in [5, 5.41) is 11.2. The van der Waals surface area contributed by atoms with Gasteiger partial charge in [0.2, 0.25) is 0 Å². The Morgan fingerprint density at radius 3 is 3.03 bits per heavy atom. The van der Waals surface area contributed by atoms with Crippen LogP contribution in [0.5, 0.6) is 0 Å². The Labute approximate surface area is 190 Å². The average Bonchev–Trinajstić information content (AvgIpc) is 3.42. The van der Waals surface area contributed by atoms with Crippen molar-refractivity contribution in [3.8, 4) is 0 Å². The first-order valence-corrected chi connectivity index (χ1v) is 11.2. The lowest BCUT2D eigenvalue weighted by atomic mass is 10.0. The standard InChI is InChI=1S/C22H25ClFN7O/c1-14-13-29(10-7-25-14)22(32)27-18-12-26-31-9-6-20(28-21(18)31)30-8-2-3-19(30)16-11-15(24)4-5-17(16)23/h4-6,9,11-12,14,19,25H,2-3,7-8,10,13H2,1H3,(H,27,32)/t14-,19?/m0/s1. The summed E-state index contributed by atoms with van der Waals surface area (Å²) < 4.78 is 15.5. The van der Waals surface area contributed by atoms with Gasteiger partial charge >= 0.3 is 6.03 Å². The van der Waals surface area contributed by atoms with Crippen LogP contribution in [0.1, 0.15) is 31.4 Å². The van der Waals surface area contributed by atoms with Crippen LogP contribution in [0.4, 0.5) is 20.7 Å². The predicted molar refractivity (Wildman–Crippen MR) is 122 cm³/mol. The van der Waals surface area contributed by atoms with Gasteiger partial charge in [-0.15, -0.1) is 0 Å². The molecule has 2 saturated heterocycles. The number of anilines is 2. The molecule has 1 aromatic carbocycles. The fourth-order valence-electron chi connectivity index (χ4n) is 4.55. The van der Waals surface area contributed by atoms with Crippen molar-refractivity contribution in [2.24, 2.45) is 0 Å². The van der Waals surface area contributed by atoms with E-state index >= 15 is 0 Å². The number of rotatable bonds is 3. The number of urea groups is 1. The van der Waals surface area contributed by atoms with Crippen LogP contribution < -0.4 is 15.5 Å². The first kappa shape index (κ1) is 21.0. The maximum atomic E-state index is 13.9. The molecule has 2 aromatic heterocycles. The second kappa shape index (κ2) is 8.55. The number of piperazine rings is 1. The number of nitrogens with one attached hydrogen (secondary N) is 2. The molecule has 2 atom stereocenters. The maximum absolute atomic E-state index is 13.9. The van der Waals surface area contributed by atoms with Gasteiger partial charge in [0.25, 0.3) is 0 Å². The lowest BCUT2D eigenvalue weighted by Crippen LogP contribution is -2.52. The third-order valence-electron chi connectivity index (χ3n) is 6.12. The van der Waals surface area contributed by atoms with E-state index in [1.807, 2.05) is 12.3 Å². The van der Waals surface area contributed by atoms with Crippen molar-refractivity contribution in [3.63, 3.8) is 0 Å². The van der Waals surface area contributed by atoms with Crippen molar-refractivity contribution in [1.82, 2.24) is 24.8 Å². The summed E-state index contributed by atoms with van der Waals surface area (Å²) in [7, 11) is 0. The van der Waals surface area contributed by atoms with Gasteiger partial charge in [-0.2, -0.15) is 5.10 Å². The molecule has 2 N–H and O–H groups in total. The summed E-state index contributed by atoms with van der Waals surface area (Å²) in [6, 6.07) is 6.39. The van der Waals surface area contributed by atoms with Gasteiger partial charge in [-0.05, 0) is 49.6 Å². The quantitative estimate of drug-likeness (QED) is 0.627. The molecule has 0 aliphatic carbocycles. The number of nitrogens with zero attached hydrogens (tertiary/aromatic N) is 5. The van der Waals surface area contributed by atoms with Gasteiger partial charge < -0.3 is 20.4 Å². The molecule has 10 heteroatoms. The molecule has 4 heterocycles. The molecule has 2 fully saturated rings. The van der Waals surface area contributed by atoms with E-state index < -0.39 is 0 Å². The van der Waals surface area contributed by atoms with Gasteiger partial charge in [0.15, 0.2) is 5.65 Å². The normalized spacial score (nSPS) is 21.3. The molecule has 0 bridgehead atoms. The number of fused-ring (bicyclic) bond motifs is 1. The van der Waals surface area contributed by atoms with Gasteiger partial charge in [-0.3, -0.25) is 0 Å². The Bertz CT molecular complexity index is 1150. The highest BCUT2D eigenvalue weighted by Crippen LogP contribution is 2.38. The first-order valence-electron chi connectivity index (χ1n) is 10.8. The molecule has 5 rings (SSSR count). The number of carbonyl (C=O) groups excluding carboxylic acids is 1. The molecule has 0 spiro atoms. The van der Waals surface area contributed by atoms with Crippen LogP contribution in [0.2, 0.25) is 5.02 Å². The highest BCUT2D eigenvalue weighted by molar-refractivity contribution is 6.31. The molecule has 168 valence electrons. The SMILES string of the molecule is C[C@H]1CN(C(=O)Nc2cnn3ccc(N4CCCC4c4cc(F)ccc4Cl)nc23)CCN1.